The Morgan fingerprint density at radius 2 is 1.78 bits per heavy atom. The van der Waals surface area contributed by atoms with Crippen LogP contribution in [0.5, 0.6) is 5.75 Å². The average Bonchev–Trinajstić information content (AvgIpc) is 2.61. The Bertz CT molecular complexity index is 728. The second-order valence-corrected chi connectivity index (χ2v) is 5.32. The molecule has 0 atom stereocenters. The van der Waals surface area contributed by atoms with Crippen molar-refractivity contribution in [1.29, 1.82) is 0 Å². The molecule has 0 fully saturated rings. The molecule has 2 N–H and O–H groups in total. The normalized spacial score (nSPS) is 10.7. The van der Waals surface area contributed by atoms with Crippen LogP contribution in [-0.2, 0) is 15.7 Å². The first-order valence-corrected chi connectivity index (χ1v) is 7.82. The molecule has 2 rings (SSSR count). The predicted molar refractivity (Wildman–Crippen MR) is 99.6 cm³/mol. The third kappa shape index (κ3) is 7.36. The molecule has 5 nitrogen and oxygen atoms in total. The minimum atomic E-state index is -4.52. The zero-order valence-electron chi connectivity index (χ0n) is 14.5. The fourth-order valence-electron chi connectivity index (χ4n) is 2.10. The maximum absolute atomic E-state index is 12.9. The van der Waals surface area contributed by atoms with Crippen molar-refractivity contribution in [2.24, 2.45) is 0 Å². The molecule has 9 heteroatoms. The molecule has 148 valence electrons. The van der Waals surface area contributed by atoms with Crippen molar-refractivity contribution < 1.29 is 27.4 Å². The van der Waals surface area contributed by atoms with Gasteiger partial charge in [-0.2, -0.15) is 13.2 Å². The molecule has 1 amide bonds. The Balaban J connectivity index is 0.00000364. The zero-order chi connectivity index (χ0) is 19.0. The zero-order valence-corrected chi connectivity index (χ0v) is 15.3. The Hall–Kier alpha value is -2.45. The van der Waals surface area contributed by atoms with E-state index >= 15 is 0 Å². The summed E-state index contributed by atoms with van der Waals surface area (Å²) < 4.78 is 49.0. The monoisotopic (exact) mass is 404 g/mol. The van der Waals surface area contributed by atoms with Crippen LogP contribution in [0.15, 0.2) is 48.5 Å². The standard InChI is InChI=1S/C18H19F3N2O3.ClH/c1-25-9-10-26-16-8-7-13(18(19,20)21)11-15(16)23-17(24)12-22-14-5-3-2-4-6-14;/h2-8,11,22H,9-10,12H2,1H3,(H,23,24);1H. The number of rotatable bonds is 8. The molecular weight excluding hydrogens is 385 g/mol. The molecule has 27 heavy (non-hydrogen) atoms. The van der Waals surface area contributed by atoms with E-state index in [0.717, 1.165) is 17.8 Å². The quantitative estimate of drug-likeness (QED) is 0.647. The van der Waals surface area contributed by atoms with E-state index in [9.17, 15) is 18.0 Å². The van der Waals surface area contributed by atoms with Crippen LogP contribution in [0.25, 0.3) is 0 Å². The number of halogens is 4. The molecule has 0 bridgehead atoms. The fraction of sp³-hybridized carbons (Fsp3) is 0.278. The van der Waals surface area contributed by atoms with Gasteiger partial charge in [-0.3, -0.25) is 4.79 Å². The largest absolute Gasteiger partial charge is 0.489 e. The van der Waals surface area contributed by atoms with Gasteiger partial charge in [-0.25, -0.2) is 0 Å². The lowest BCUT2D eigenvalue weighted by Gasteiger charge is -2.15. The number of carbonyl (C=O) groups is 1. The molecule has 2 aromatic carbocycles. The van der Waals surface area contributed by atoms with E-state index in [1.807, 2.05) is 6.07 Å². The van der Waals surface area contributed by atoms with Crippen LogP contribution in [0.4, 0.5) is 24.5 Å². The van der Waals surface area contributed by atoms with Gasteiger partial charge in [0.2, 0.25) is 5.91 Å². The molecule has 0 aliphatic rings. The van der Waals surface area contributed by atoms with E-state index in [1.165, 1.54) is 13.2 Å². The lowest BCUT2D eigenvalue weighted by Crippen LogP contribution is -2.22. The second-order valence-electron chi connectivity index (χ2n) is 5.32. The van der Waals surface area contributed by atoms with Crippen molar-refractivity contribution in [2.75, 3.05) is 37.5 Å². The van der Waals surface area contributed by atoms with Crippen LogP contribution in [0.1, 0.15) is 5.56 Å². The molecule has 0 saturated heterocycles. The Morgan fingerprint density at radius 1 is 1.07 bits per heavy atom. The first kappa shape index (κ1) is 22.6. The average molecular weight is 405 g/mol. The van der Waals surface area contributed by atoms with Gasteiger partial charge in [0.15, 0.2) is 0 Å². The predicted octanol–water partition coefficient (Wildman–Crippen LogP) is 4.20. The number of ether oxygens (including phenoxy) is 2. The lowest BCUT2D eigenvalue weighted by atomic mass is 10.1. The van der Waals surface area contributed by atoms with Crippen molar-refractivity contribution >= 4 is 29.7 Å². The first-order chi connectivity index (χ1) is 12.4. The number of hydrogen-bond acceptors (Lipinski definition) is 4. The molecule has 0 aromatic heterocycles. The number of amides is 1. The molecule has 2 aromatic rings. The summed E-state index contributed by atoms with van der Waals surface area (Å²) >= 11 is 0. The summed E-state index contributed by atoms with van der Waals surface area (Å²) in [4.78, 5) is 12.1. The van der Waals surface area contributed by atoms with Crippen molar-refractivity contribution in [1.82, 2.24) is 0 Å². The van der Waals surface area contributed by atoms with Gasteiger partial charge in [-0.05, 0) is 30.3 Å². The molecule has 0 spiro atoms. The summed E-state index contributed by atoms with van der Waals surface area (Å²) in [7, 11) is 1.48. The van der Waals surface area contributed by atoms with Gasteiger partial charge in [0.1, 0.15) is 12.4 Å². The molecule has 0 saturated carbocycles. The van der Waals surface area contributed by atoms with Gasteiger partial charge in [0.25, 0.3) is 0 Å². The first-order valence-electron chi connectivity index (χ1n) is 7.82. The minimum Gasteiger partial charge on any atom is -0.489 e. The van der Waals surface area contributed by atoms with Crippen LogP contribution < -0.4 is 15.4 Å². The summed E-state index contributed by atoms with van der Waals surface area (Å²) in [6.07, 6.45) is -4.52. The second kappa shape index (κ2) is 10.6. The highest BCUT2D eigenvalue weighted by Gasteiger charge is 2.31. The minimum absolute atomic E-state index is 0. The number of alkyl halides is 3. The highest BCUT2D eigenvalue weighted by molar-refractivity contribution is 5.95. The Labute approximate surface area is 161 Å². The van der Waals surface area contributed by atoms with E-state index in [4.69, 9.17) is 9.47 Å². The third-order valence-electron chi connectivity index (χ3n) is 3.35. The maximum atomic E-state index is 12.9. The highest BCUT2D eigenvalue weighted by Crippen LogP contribution is 2.35. The summed E-state index contributed by atoms with van der Waals surface area (Å²) in [6.45, 7) is 0.314. The maximum Gasteiger partial charge on any atom is 0.416 e. The molecule has 0 heterocycles. The van der Waals surface area contributed by atoms with Gasteiger partial charge in [0.05, 0.1) is 24.4 Å². The van der Waals surface area contributed by atoms with Crippen LogP contribution in [0.3, 0.4) is 0 Å². The summed E-state index contributed by atoms with van der Waals surface area (Å²) in [5.41, 5.74) is -0.193. The number of carbonyl (C=O) groups excluding carboxylic acids is 1. The van der Waals surface area contributed by atoms with Gasteiger partial charge in [-0.1, -0.05) is 18.2 Å². The van der Waals surface area contributed by atoms with Gasteiger partial charge < -0.3 is 20.1 Å². The van der Waals surface area contributed by atoms with Gasteiger partial charge >= 0.3 is 6.18 Å². The molecule has 0 aliphatic carbocycles. The van der Waals surface area contributed by atoms with Crippen molar-refractivity contribution in [3.8, 4) is 5.75 Å². The van der Waals surface area contributed by atoms with Gasteiger partial charge in [-0.15, -0.1) is 12.4 Å². The molecule has 0 aliphatic heterocycles. The van der Waals surface area contributed by atoms with Crippen LogP contribution >= 0.6 is 12.4 Å². The smallest absolute Gasteiger partial charge is 0.416 e. The lowest BCUT2D eigenvalue weighted by molar-refractivity contribution is -0.137. The van der Waals surface area contributed by atoms with Crippen LogP contribution in [0.2, 0.25) is 0 Å². The summed E-state index contributed by atoms with van der Waals surface area (Å²) in [5, 5.41) is 5.34. The van der Waals surface area contributed by atoms with Crippen molar-refractivity contribution in [3.05, 3.63) is 54.1 Å². The molecule has 0 radical (unpaired) electrons. The Morgan fingerprint density at radius 3 is 2.41 bits per heavy atom. The number of nitrogens with one attached hydrogen (secondary N) is 2. The van der Waals surface area contributed by atoms with Crippen LogP contribution in [0, 0.1) is 0 Å². The topological polar surface area (TPSA) is 59.6 Å². The van der Waals surface area contributed by atoms with Crippen LogP contribution in [-0.4, -0.2) is 32.8 Å². The number of methoxy groups -OCH3 is 1. The number of benzene rings is 2. The van der Waals surface area contributed by atoms with E-state index in [-0.39, 0.29) is 43.6 Å². The number of anilines is 2. The van der Waals surface area contributed by atoms with Gasteiger partial charge in [0, 0.05) is 12.8 Å². The molecular formula is C18H20ClF3N2O3. The van der Waals surface area contributed by atoms with E-state index in [2.05, 4.69) is 10.6 Å². The highest BCUT2D eigenvalue weighted by atomic mass is 35.5. The summed E-state index contributed by atoms with van der Waals surface area (Å²) in [6, 6.07) is 11.9. The summed E-state index contributed by atoms with van der Waals surface area (Å²) in [5.74, 6) is -0.354. The van der Waals surface area contributed by atoms with Crippen molar-refractivity contribution in [2.45, 2.75) is 6.18 Å². The number of hydrogen-bond donors (Lipinski definition) is 2. The molecule has 0 unspecified atom stereocenters. The third-order valence-corrected chi connectivity index (χ3v) is 3.35. The fourth-order valence-corrected chi connectivity index (χ4v) is 2.10. The Kier molecular flexibility index (Phi) is 8.90. The number of para-hydroxylation sites is 1. The van der Waals surface area contributed by atoms with E-state index in [0.29, 0.717) is 0 Å². The van der Waals surface area contributed by atoms with E-state index < -0.39 is 17.6 Å². The van der Waals surface area contributed by atoms with Crippen molar-refractivity contribution in [3.63, 3.8) is 0 Å². The van der Waals surface area contributed by atoms with E-state index in [1.54, 1.807) is 24.3 Å². The SMILES string of the molecule is COCCOc1ccc(C(F)(F)F)cc1NC(=O)CNc1ccccc1.Cl.